The molecule has 4 nitrogen and oxygen atoms in total. The van der Waals surface area contributed by atoms with Crippen molar-refractivity contribution in [3.8, 4) is 16.9 Å². The number of carbonyl (C=O) groups excluding carboxylic acids is 1. The van der Waals surface area contributed by atoms with E-state index in [1.807, 2.05) is 35.7 Å². The number of hydrogen-bond acceptors (Lipinski definition) is 4. The van der Waals surface area contributed by atoms with Crippen LogP contribution >= 0.6 is 11.3 Å². The lowest BCUT2D eigenvalue weighted by Gasteiger charge is -2.25. The van der Waals surface area contributed by atoms with E-state index in [1.165, 1.54) is 35.6 Å². The van der Waals surface area contributed by atoms with Gasteiger partial charge in [0.1, 0.15) is 11.6 Å². The molecular weight excluding hydrogens is 365 g/mol. The van der Waals surface area contributed by atoms with E-state index in [0.717, 1.165) is 16.0 Å². The second-order valence-corrected chi connectivity index (χ2v) is 7.55. The number of amides is 1. The third-order valence-corrected chi connectivity index (χ3v) is 4.94. The lowest BCUT2D eigenvalue weighted by Crippen LogP contribution is -2.42. The largest absolute Gasteiger partial charge is 0.478 e. The summed E-state index contributed by atoms with van der Waals surface area (Å²) < 4.78 is 18.7. The highest BCUT2D eigenvalue weighted by molar-refractivity contribution is 7.10. The summed E-state index contributed by atoms with van der Waals surface area (Å²) in [7, 11) is 0. The second-order valence-electron chi connectivity index (χ2n) is 6.56. The molecule has 2 aromatic carbocycles. The maximum Gasteiger partial charge on any atom is 0.267 e. The van der Waals surface area contributed by atoms with E-state index in [9.17, 15) is 9.18 Å². The van der Waals surface area contributed by atoms with Crippen LogP contribution in [-0.2, 0) is 11.4 Å². The van der Waals surface area contributed by atoms with Crippen molar-refractivity contribution < 1.29 is 19.0 Å². The molecule has 0 aliphatic carbocycles. The van der Waals surface area contributed by atoms with Gasteiger partial charge in [0.2, 0.25) is 0 Å². The molecule has 0 radical (unpaired) electrons. The molecule has 6 heteroatoms. The smallest absolute Gasteiger partial charge is 0.267 e. The Hall–Kier alpha value is -2.70. The first-order valence-electron chi connectivity index (χ1n) is 8.42. The molecule has 140 valence electrons. The summed E-state index contributed by atoms with van der Waals surface area (Å²) >= 11 is 1.50. The van der Waals surface area contributed by atoms with Crippen LogP contribution in [-0.4, -0.2) is 16.6 Å². The van der Waals surface area contributed by atoms with Gasteiger partial charge in [0.05, 0.1) is 6.61 Å². The second kappa shape index (κ2) is 7.90. The Kier molecular flexibility index (Phi) is 5.58. The van der Waals surface area contributed by atoms with Gasteiger partial charge in [0.15, 0.2) is 5.60 Å². The maximum atomic E-state index is 13.0. The molecule has 0 bridgehead atoms. The number of carbonyl (C=O) groups is 1. The zero-order chi connectivity index (χ0) is 19.4. The average molecular weight is 385 g/mol. The predicted octanol–water partition coefficient (Wildman–Crippen LogP) is 4.84. The summed E-state index contributed by atoms with van der Waals surface area (Å²) in [5.74, 6) is -0.247. The molecule has 0 atom stereocenters. The minimum atomic E-state index is -1.13. The van der Waals surface area contributed by atoms with Crippen molar-refractivity contribution in [1.29, 1.82) is 0 Å². The van der Waals surface area contributed by atoms with Crippen molar-refractivity contribution in [2.45, 2.75) is 26.1 Å². The number of rotatable bonds is 6. The van der Waals surface area contributed by atoms with Crippen molar-refractivity contribution >= 4 is 22.9 Å². The third-order valence-electron chi connectivity index (χ3n) is 4.02. The first kappa shape index (κ1) is 19.1. The molecule has 0 unspecified atom stereocenters. The quantitative estimate of drug-likeness (QED) is 0.638. The molecule has 3 rings (SSSR count). The highest BCUT2D eigenvalue weighted by atomic mass is 32.1. The van der Waals surface area contributed by atoms with Crippen LogP contribution in [0.4, 0.5) is 10.1 Å². The van der Waals surface area contributed by atoms with Gasteiger partial charge in [-0.15, -0.1) is 11.3 Å². The summed E-state index contributed by atoms with van der Waals surface area (Å²) in [4.78, 5) is 13.5. The van der Waals surface area contributed by atoms with E-state index in [1.54, 1.807) is 13.8 Å². The molecule has 1 heterocycles. The van der Waals surface area contributed by atoms with Crippen molar-refractivity contribution in [2.24, 2.45) is 0 Å². The van der Waals surface area contributed by atoms with E-state index in [4.69, 9.17) is 9.84 Å². The molecule has 0 spiro atoms. The van der Waals surface area contributed by atoms with E-state index >= 15 is 0 Å². The van der Waals surface area contributed by atoms with Gasteiger partial charge in [-0.3, -0.25) is 4.79 Å². The normalized spacial score (nSPS) is 11.3. The fourth-order valence-electron chi connectivity index (χ4n) is 2.49. The van der Waals surface area contributed by atoms with E-state index in [0.29, 0.717) is 11.4 Å². The van der Waals surface area contributed by atoms with Crippen LogP contribution in [0.5, 0.6) is 5.75 Å². The fraction of sp³-hybridized carbons (Fsp3) is 0.190. The Morgan fingerprint density at radius 1 is 1.11 bits per heavy atom. The molecule has 0 aliphatic rings. The predicted molar refractivity (Wildman–Crippen MR) is 105 cm³/mol. The third kappa shape index (κ3) is 4.72. The number of thiophene rings is 1. The monoisotopic (exact) mass is 385 g/mol. The number of aliphatic hydroxyl groups excluding tert-OH is 1. The fourth-order valence-corrected chi connectivity index (χ4v) is 3.24. The molecule has 0 fully saturated rings. The Morgan fingerprint density at radius 3 is 2.37 bits per heavy atom. The topological polar surface area (TPSA) is 58.6 Å². The minimum Gasteiger partial charge on any atom is -0.478 e. The first-order valence-corrected chi connectivity index (χ1v) is 9.30. The molecule has 1 amide bonds. The van der Waals surface area contributed by atoms with Gasteiger partial charge >= 0.3 is 0 Å². The molecule has 27 heavy (non-hydrogen) atoms. The van der Waals surface area contributed by atoms with Crippen LogP contribution in [0.1, 0.15) is 18.7 Å². The standard InChI is InChI=1S/C21H20FNO3S/c1-21(2,26-18-9-5-16(22)6-10-18)20(25)23-17-7-3-14(4-8-17)15-11-19(12-24)27-13-15/h3-11,13,24H,12H2,1-2H3,(H,23,25). The summed E-state index contributed by atoms with van der Waals surface area (Å²) in [5, 5.41) is 14.0. The number of benzene rings is 2. The number of ether oxygens (including phenoxy) is 1. The highest BCUT2D eigenvalue weighted by Crippen LogP contribution is 2.27. The summed E-state index contributed by atoms with van der Waals surface area (Å²) in [6, 6.07) is 14.9. The Morgan fingerprint density at radius 2 is 1.78 bits per heavy atom. The summed E-state index contributed by atoms with van der Waals surface area (Å²) in [6.45, 7) is 3.34. The highest BCUT2D eigenvalue weighted by Gasteiger charge is 2.30. The van der Waals surface area contributed by atoms with Crippen molar-refractivity contribution in [1.82, 2.24) is 0 Å². The first-order chi connectivity index (χ1) is 12.9. The Bertz CT molecular complexity index is 917. The van der Waals surface area contributed by atoms with Crippen molar-refractivity contribution in [3.05, 3.63) is 70.7 Å². The molecule has 0 saturated heterocycles. The van der Waals surface area contributed by atoms with E-state index < -0.39 is 5.60 Å². The summed E-state index contributed by atoms with van der Waals surface area (Å²) in [6.07, 6.45) is 0. The number of nitrogens with one attached hydrogen (secondary N) is 1. The van der Waals surface area contributed by atoms with Crippen LogP contribution in [0.25, 0.3) is 11.1 Å². The SMILES string of the molecule is CC(C)(Oc1ccc(F)cc1)C(=O)Nc1ccc(-c2csc(CO)c2)cc1. The van der Waals surface area contributed by atoms with Gasteiger partial charge in [-0.25, -0.2) is 4.39 Å². The van der Waals surface area contributed by atoms with Crippen LogP contribution in [0.3, 0.4) is 0 Å². The van der Waals surface area contributed by atoms with Gasteiger partial charge < -0.3 is 15.2 Å². The van der Waals surface area contributed by atoms with Crippen LogP contribution in [0.2, 0.25) is 0 Å². The van der Waals surface area contributed by atoms with Gasteiger partial charge in [-0.2, -0.15) is 0 Å². The van der Waals surface area contributed by atoms with Gasteiger partial charge in [0.25, 0.3) is 5.91 Å². The van der Waals surface area contributed by atoms with Crippen molar-refractivity contribution in [3.63, 3.8) is 0 Å². The minimum absolute atomic E-state index is 0.0297. The lowest BCUT2D eigenvalue weighted by molar-refractivity contribution is -0.128. The molecular formula is C21H20FNO3S. The zero-order valence-corrected chi connectivity index (χ0v) is 15.8. The molecule has 1 aromatic heterocycles. The molecule has 0 aliphatic heterocycles. The number of anilines is 1. The van der Waals surface area contributed by atoms with Crippen LogP contribution < -0.4 is 10.1 Å². The number of hydrogen-bond donors (Lipinski definition) is 2. The zero-order valence-electron chi connectivity index (χ0n) is 15.0. The van der Waals surface area contributed by atoms with Crippen molar-refractivity contribution in [2.75, 3.05) is 5.32 Å². The Labute approximate surface area is 161 Å². The molecule has 3 aromatic rings. The van der Waals surface area contributed by atoms with Gasteiger partial charge in [-0.05, 0) is 72.8 Å². The molecule has 2 N–H and O–H groups in total. The van der Waals surface area contributed by atoms with Gasteiger partial charge in [-0.1, -0.05) is 12.1 Å². The lowest BCUT2D eigenvalue weighted by atomic mass is 10.1. The van der Waals surface area contributed by atoms with Crippen LogP contribution in [0, 0.1) is 5.82 Å². The van der Waals surface area contributed by atoms with E-state index in [-0.39, 0.29) is 18.3 Å². The maximum absolute atomic E-state index is 13.0. The van der Waals surface area contributed by atoms with E-state index in [2.05, 4.69) is 5.32 Å². The molecule has 0 saturated carbocycles. The number of halogens is 1. The van der Waals surface area contributed by atoms with Crippen LogP contribution in [0.15, 0.2) is 60.0 Å². The Balaban J connectivity index is 1.66. The van der Waals surface area contributed by atoms with Gasteiger partial charge in [0, 0.05) is 10.6 Å². The summed E-state index contributed by atoms with van der Waals surface area (Å²) in [5.41, 5.74) is 1.56. The average Bonchev–Trinajstić information content (AvgIpc) is 3.13. The number of aliphatic hydroxyl groups is 1.